The zero-order chi connectivity index (χ0) is 9.19. The van der Waals surface area contributed by atoms with E-state index in [9.17, 15) is 10.2 Å². The third-order valence-corrected chi connectivity index (χ3v) is 1.65. The lowest BCUT2D eigenvalue weighted by Gasteiger charge is -2.15. The minimum atomic E-state index is -1.62. The van der Waals surface area contributed by atoms with Crippen molar-refractivity contribution in [2.45, 2.75) is 12.5 Å². The Bertz CT molecular complexity index is 326. The molecule has 0 amide bonds. The molecule has 3 heteroatoms. The molecule has 3 nitrogen and oxygen atoms in total. The summed E-state index contributed by atoms with van der Waals surface area (Å²) in [5.74, 6) is -0.0657. The van der Waals surface area contributed by atoms with Gasteiger partial charge in [0.2, 0.25) is 0 Å². The zero-order valence-electron chi connectivity index (χ0n) is 6.65. The van der Waals surface area contributed by atoms with E-state index in [1.807, 2.05) is 0 Å². The Morgan fingerprint density at radius 1 is 1.42 bits per heavy atom. The van der Waals surface area contributed by atoms with Gasteiger partial charge in [-0.05, 0) is 13.0 Å². The molecule has 0 bridgehead atoms. The van der Waals surface area contributed by atoms with Crippen LogP contribution in [0.2, 0.25) is 0 Å². The monoisotopic (exact) mass is 163 g/mol. The standard InChI is InChI=1S/C9H9NO2/c1-9(12,6-10)7-4-2-3-5-8(7)11/h2-5,11-12H,1H3. The van der Waals surface area contributed by atoms with E-state index in [4.69, 9.17) is 5.26 Å². The molecule has 0 heterocycles. The van der Waals surface area contributed by atoms with Crippen molar-refractivity contribution in [1.82, 2.24) is 0 Å². The fourth-order valence-electron chi connectivity index (χ4n) is 0.946. The van der Waals surface area contributed by atoms with Gasteiger partial charge in [0.05, 0.1) is 0 Å². The highest BCUT2D eigenvalue weighted by Gasteiger charge is 2.24. The fraction of sp³-hybridized carbons (Fsp3) is 0.222. The minimum absolute atomic E-state index is 0.0657. The van der Waals surface area contributed by atoms with Crippen molar-refractivity contribution >= 4 is 0 Å². The molecule has 1 unspecified atom stereocenters. The molecule has 12 heavy (non-hydrogen) atoms. The van der Waals surface area contributed by atoms with E-state index >= 15 is 0 Å². The van der Waals surface area contributed by atoms with Gasteiger partial charge in [-0.1, -0.05) is 18.2 Å². The smallest absolute Gasteiger partial charge is 0.177 e. The lowest BCUT2D eigenvalue weighted by molar-refractivity contribution is 0.116. The number of rotatable bonds is 1. The van der Waals surface area contributed by atoms with Gasteiger partial charge in [0.15, 0.2) is 5.60 Å². The second-order valence-corrected chi connectivity index (χ2v) is 2.70. The maximum Gasteiger partial charge on any atom is 0.177 e. The molecule has 1 rings (SSSR count). The number of nitriles is 1. The normalized spacial score (nSPS) is 14.8. The molecule has 1 atom stereocenters. The first-order chi connectivity index (χ1) is 5.58. The van der Waals surface area contributed by atoms with Gasteiger partial charge in [0.25, 0.3) is 0 Å². The van der Waals surface area contributed by atoms with Crippen LogP contribution >= 0.6 is 0 Å². The number of hydrogen-bond acceptors (Lipinski definition) is 3. The number of hydrogen-bond donors (Lipinski definition) is 2. The lowest BCUT2D eigenvalue weighted by Crippen LogP contribution is -2.17. The van der Waals surface area contributed by atoms with Crippen LogP contribution in [0.5, 0.6) is 5.75 Å². The summed E-state index contributed by atoms with van der Waals surface area (Å²) < 4.78 is 0. The predicted molar refractivity (Wildman–Crippen MR) is 43.3 cm³/mol. The van der Waals surface area contributed by atoms with Crippen molar-refractivity contribution in [2.75, 3.05) is 0 Å². The van der Waals surface area contributed by atoms with Crippen LogP contribution in [0.3, 0.4) is 0 Å². The molecule has 0 aliphatic heterocycles. The highest BCUT2D eigenvalue weighted by molar-refractivity contribution is 5.39. The second kappa shape index (κ2) is 2.84. The first kappa shape index (κ1) is 8.57. The summed E-state index contributed by atoms with van der Waals surface area (Å²) in [7, 11) is 0. The first-order valence-corrected chi connectivity index (χ1v) is 3.50. The Morgan fingerprint density at radius 3 is 2.50 bits per heavy atom. The molecule has 62 valence electrons. The summed E-state index contributed by atoms with van der Waals surface area (Å²) in [5, 5.41) is 27.3. The molecule has 0 radical (unpaired) electrons. The number of nitrogens with zero attached hydrogens (tertiary/aromatic N) is 1. The van der Waals surface area contributed by atoms with Crippen LogP contribution in [-0.2, 0) is 5.60 Å². The van der Waals surface area contributed by atoms with Crippen LogP contribution in [0.4, 0.5) is 0 Å². The van der Waals surface area contributed by atoms with Gasteiger partial charge in [-0.2, -0.15) is 5.26 Å². The molecule has 0 saturated heterocycles. The van der Waals surface area contributed by atoms with Crippen LogP contribution in [0, 0.1) is 11.3 Å². The van der Waals surface area contributed by atoms with Crippen molar-refractivity contribution < 1.29 is 10.2 Å². The summed E-state index contributed by atoms with van der Waals surface area (Å²) in [6.45, 7) is 1.34. The van der Waals surface area contributed by atoms with Gasteiger partial charge >= 0.3 is 0 Å². The van der Waals surface area contributed by atoms with Crippen molar-refractivity contribution in [3.05, 3.63) is 29.8 Å². The average Bonchev–Trinajstić information content (AvgIpc) is 2.05. The van der Waals surface area contributed by atoms with Crippen LogP contribution in [0.15, 0.2) is 24.3 Å². The van der Waals surface area contributed by atoms with Crippen molar-refractivity contribution in [2.24, 2.45) is 0 Å². The number of aromatic hydroxyl groups is 1. The van der Waals surface area contributed by atoms with Crippen molar-refractivity contribution in [3.63, 3.8) is 0 Å². The maximum absolute atomic E-state index is 9.45. The summed E-state index contributed by atoms with van der Waals surface area (Å²) in [5.41, 5.74) is -1.39. The number of aliphatic hydroxyl groups is 1. The summed E-state index contributed by atoms with van der Waals surface area (Å²) in [6.07, 6.45) is 0. The summed E-state index contributed by atoms with van der Waals surface area (Å²) >= 11 is 0. The molecule has 0 spiro atoms. The highest BCUT2D eigenvalue weighted by atomic mass is 16.3. The molecule has 0 saturated carbocycles. The van der Waals surface area contributed by atoms with Gasteiger partial charge in [-0.3, -0.25) is 0 Å². The number of phenolic OH excluding ortho intramolecular Hbond substituents is 1. The van der Waals surface area contributed by atoms with Gasteiger partial charge in [0.1, 0.15) is 11.8 Å². The Hall–Kier alpha value is -1.53. The quantitative estimate of drug-likeness (QED) is 0.610. The van der Waals surface area contributed by atoms with E-state index in [2.05, 4.69) is 0 Å². The molecule has 0 aromatic heterocycles. The van der Waals surface area contributed by atoms with E-state index in [-0.39, 0.29) is 11.3 Å². The molecule has 1 aromatic carbocycles. The SMILES string of the molecule is CC(O)(C#N)c1ccccc1O. The Balaban J connectivity index is 3.22. The molecule has 0 aliphatic carbocycles. The molecular formula is C9H9NO2. The van der Waals surface area contributed by atoms with E-state index in [0.717, 1.165) is 0 Å². The number of phenols is 1. The lowest BCUT2D eigenvalue weighted by atomic mass is 9.97. The molecular weight excluding hydrogens is 154 g/mol. The largest absolute Gasteiger partial charge is 0.508 e. The molecule has 2 N–H and O–H groups in total. The second-order valence-electron chi connectivity index (χ2n) is 2.70. The zero-order valence-corrected chi connectivity index (χ0v) is 6.65. The van der Waals surface area contributed by atoms with Crippen LogP contribution in [0.25, 0.3) is 0 Å². The summed E-state index contributed by atoms with van der Waals surface area (Å²) in [4.78, 5) is 0. The first-order valence-electron chi connectivity index (χ1n) is 3.50. The summed E-state index contributed by atoms with van der Waals surface area (Å²) in [6, 6.07) is 7.92. The minimum Gasteiger partial charge on any atom is -0.508 e. The third-order valence-electron chi connectivity index (χ3n) is 1.65. The molecule has 0 fully saturated rings. The van der Waals surface area contributed by atoms with Crippen LogP contribution in [-0.4, -0.2) is 10.2 Å². The fourth-order valence-corrected chi connectivity index (χ4v) is 0.946. The van der Waals surface area contributed by atoms with E-state index < -0.39 is 5.60 Å². The predicted octanol–water partition coefficient (Wildman–Crippen LogP) is 1.12. The van der Waals surface area contributed by atoms with E-state index in [1.165, 1.54) is 19.1 Å². The van der Waals surface area contributed by atoms with Crippen LogP contribution < -0.4 is 0 Å². The number of para-hydroxylation sites is 1. The van der Waals surface area contributed by atoms with Gasteiger partial charge in [-0.15, -0.1) is 0 Å². The van der Waals surface area contributed by atoms with Gasteiger partial charge < -0.3 is 10.2 Å². The molecule has 1 aromatic rings. The Kier molecular flexibility index (Phi) is 2.03. The van der Waals surface area contributed by atoms with E-state index in [0.29, 0.717) is 0 Å². The third kappa shape index (κ3) is 1.39. The van der Waals surface area contributed by atoms with E-state index in [1.54, 1.807) is 18.2 Å². The molecule has 0 aliphatic rings. The highest BCUT2D eigenvalue weighted by Crippen LogP contribution is 2.27. The van der Waals surface area contributed by atoms with Gasteiger partial charge in [-0.25, -0.2) is 0 Å². The van der Waals surface area contributed by atoms with Crippen molar-refractivity contribution in [3.8, 4) is 11.8 Å². The maximum atomic E-state index is 9.45. The Morgan fingerprint density at radius 2 is 2.00 bits per heavy atom. The Labute approximate surface area is 70.5 Å². The van der Waals surface area contributed by atoms with Crippen molar-refractivity contribution in [1.29, 1.82) is 5.26 Å². The topological polar surface area (TPSA) is 64.2 Å². The number of benzene rings is 1. The van der Waals surface area contributed by atoms with Crippen LogP contribution in [0.1, 0.15) is 12.5 Å². The van der Waals surface area contributed by atoms with Gasteiger partial charge in [0, 0.05) is 5.56 Å². The average molecular weight is 163 g/mol.